The fourth-order valence-corrected chi connectivity index (χ4v) is 1.85. The highest BCUT2D eigenvalue weighted by molar-refractivity contribution is 5.33. The van der Waals surface area contributed by atoms with E-state index in [0.717, 1.165) is 11.4 Å². The number of imidazole rings is 1. The molecule has 88 valence electrons. The molecule has 0 radical (unpaired) electrons. The lowest BCUT2D eigenvalue weighted by Gasteiger charge is -2.01. The van der Waals surface area contributed by atoms with Gasteiger partial charge in [0.15, 0.2) is 0 Å². The molecule has 4 heteroatoms. The van der Waals surface area contributed by atoms with Crippen molar-refractivity contribution in [2.24, 2.45) is 0 Å². The van der Waals surface area contributed by atoms with Gasteiger partial charge in [0, 0.05) is 18.6 Å². The Kier molecular flexibility index (Phi) is 2.53. The van der Waals surface area contributed by atoms with Gasteiger partial charge in [-0.3, -0.25) is 14.1 Å². The molecule has 0 fully saturated rings. The van der Waals surface area contributed by atoms with Crippen molar-refractivity contribution in [3.63, 3.8) is 0 Å². The van der Waals surface area contributed by atoms with E-state index in [0.29, 0.717) is 0 Å². The second kappa shape index (κ2) is 4.33. The lowest BCUT2D eigenvalue weighted by Crippen LogP contribution is -2.21. The van der Waals surface area contributed by atoms with Crippen LogP contribution in [0.4, 0.5) is 0 Å². The molecular formula is C14H11N3O. The predicted molar refractivity (Wildman–Crippen MR) is 69.2 cm³/mol. The third-order valence-corrected chi connectivity index (χ3v) is 2.74. The van der Waals surface area contributed by atoms with E-state index in [1.807, 2.05) is 42.5 Å². The summed E-state index contributed by atoms with van der Waals surface area (Å²) in [6.45, 7) is 0. The standard InChI is InChI=1S/C14H11N3O/c18-14-16(12-5-2-1-3-6-12)9-10-17(14)13-7-4-8-15-11-13/h1-11H. The number of benzene rings is 1. The van der Waals surface area contributed by atoms with Gasteiger partial charge < -0.3 is 0 Å². The molecule has 1 aromatic carbocycles. The van der Waals surface area contributed by atoms with Crippen LogP contribution in [0.25, 0.3) is 11.4 Å². The van der Waals surface area contributed by atoms with Crippen molar-refractivity contribution in [1.82, 2.24) is 14.1 Å². The molecule has 3 aromatic rings. The molecule has 0 bridgehead atoms. The number of hydrogen-bond donors (Lipinski definition) is 0. The van der Waals surface area contributed by atoms with E-state index >= 15 is 0 Å². The van der Waals surface area contributed by atoms with E-state index in [-0.39, 0.29) is 5.69 Å². The maximum atomic E-state index is 12.3. The highest BCUT2D eigenvalue weighted by Gasteiger charge is 2.06. The maximum absolute atomic E-state index is 12.3. The zero-order valence-electron chi connectivity index (χ0n) is 9.60. The van der Waals surface area contributed by atoms with Crippen LogP contribution < -0.4 is 5.69 Å². The van der Waals surface area contributed by atoms with Gasteiger partial charge in [-0.15, -0.1) is 0 Å². The van der Waals surface area contributed by atoms with Crippen molar-refractivity contribution in [1.29, 1.82) is 0 Å². The zero-order valence-corrected chi connectivity index (χ0v) is 9.60. The van der Waals surface area contributed by atoms with Gasteiger partial charge in [-0.1, -0.05) is 18.2 Å². The van der Waals surface area contributed by atoms with Gasteiger partial charge in [0.1, 0.15) is 0 Å². The molecule has 0 unspecified atom stereocenters. The average molecular weight is 237 g/mol. The first-order valence-corrected chi connectivity index (χ1v) is 5.62. The normalized spacial score (nSPS) is 10.4. The van der Waals surface area contributed by atoms with E-state index in [9.17, 15) is 4.79 Å². The molecule has 0 saturated carbocycles. The molecule has 0 aliphatic heterocycles. The van der Waals surface area contributed by atoms with Gasteiger partial charge in [0.05, 0.1) is 17.6 Å². The summed E-state index contributed by atoms with van der Waals surface area (Å²) >= 11 is 0. The Morgan fingerprint density at radius 2 is 1.50 bits per heavy atom. The molecule has 0 aliphatic rings. The predicted octanol–water partition coefficient (Wildman–Crippen LogP) is 2.02. The van der Waals surface area contributed by atoms with E-state index < -0.39 is 0 Å². The summed E-state index contributed by atoms with van der Waals surface area (Å²) in [5, 5.41) is 0. The molecule has 2 heterocycles. The van der Waals surface area contributed by atoms with Crippen molar-refractivity contribution in [3.8, 4) is 11.4 Å². The first-order valence-electron chi connectivity index (χ1n) is 5.62. The Morgan fingerprint density at radius 1 is 0.833 bits per heavy atom. The molecule has 0 atom stereocenters. The lowest BCUT2D eigenvalue weighted by molar-refractivity contribution is 0.904. The second-order valence-corrected chi connectivity index (χ2v) is 3.87. The third kappa shape index (κ3) is 1.73. The third-order valence-electron chi connectivity index (χ3n) is 2.74. The number of rotatable bonds is 2. The van der Waals surface area contributed by atoms with Crippen molar-refractivity contribution in [3.05, 3.63) is 77.7 Å². The van der Waals surface area contributed by atoms with Gasteiger partial charge in [-0.05, 0) is 24.3 Å². The Labute approximate surface area is 104 Å². The molecule has 4 nitrogen and oxygen atoms in total. The summed E-state index contributed by atoms with van der Waals surface area (Å²) in [7, 11) is 0. The summed E-state index contributed by atoms with van der Waals surface area (Å²) in [6.07, 6.45) is 6.84. The van der Waals surface area contributed by atoms with Crippen LogP contribution in [0.15, 0.2) is 72.0 Å². The SMILES string of the molecule is O=c1n(-c2ccccc2)ccn1-c1cccnc1. The molecule has 18 heavy (non-hydrogen) atoms. The van der Waals surface area contributed by atoms with Crippen LogP contribution in [0.1, 0.15) is 0 Å². The summed E-state index contributed by atoms with van der Waals surface area (Å²) < 4.78 is 3.17. The molecule has 0 saturated heterocycles. The van der Waals surface area contributed by atoms with E-state index in [4.69, 9.17) is 0 Å². The number of aromatic nitrogens is 3. The fourth-order valence-electron chi connectivity index (χ4n) is 1.85. The van der Waals surface area contributed by atoms with E-state index in [1.165, 1.54) is 0 Å². The topological polar surface area (TPSA) is 39.8 Å². The van der Waals surface area contributed by atoms with Crippen LogP contribution in [0.2, 0.25) is 0 Å². The Hall–Kier alpha value is -2.62. The minimum atomic E-state index is -0.103. The monoisotopic (exact) mass is 237 g/mol. The minimum Gasteiger partial charge on any atom is -0.268 e. The van der Waals surface area contributed by atoms with Crippen LogP contribution in [0, 0.1) is 0 Å². The second-order valence-electron chi connectivity index (χ2n) is 3.87. The molecule has 0 spiro atoms. The summed E-state index contributed by atoms with van der Waals surface area (Å²) in [5.74, 6) is 0. The highest BCUT2D eigenvalue weighted by atomic mass is 16.1. The first-order chi connectivity index (χ1) is 8.86. The van der Waals surface area contributed by atoms with Crippen LogP contribution in [-0.4, -0.2) is 14.1 Å². The summed E-state index contributed by atoms with van der Waals surface area (Å²) in [6, 6.07) is 13.2. The summed E-state index contributed by atoms with van der Waals surface area (Å²) in [4.78, 5) is 16.3. The lowest BCUT2D eigenvalue weighted by atomic mass is 10.3. The zero-order chi connectivity index (χ0) is 12.4. The van der Waals surface area contributed by atoms with E-state index in [1.54, 1.807) is 33.9 Å². The number of hydrogen-bond acceptors (Lipinski definition) is 2. The maximum Gasteiger partial charge on any atom is 0.337 e. The first kappa shape index (κ1) is 10.5. The smallest absolute Gasteiger partial charge is 0.268 e. The van der Waals surface area contributed by atoms with Crippen molar-refractivity contribution in [2.75, 3.05) is 0 Å². The van der Waals surface area contributed by atoms with E-state index in [2.05, 4.69) is 4.98 Å². The number of para-hydroxylation sites is 1. The largest absolute Gasteiger partial charge is 0.337 e. The van der Waals surface area contributed by atoms with Crippen LogP contribution in [0.3, 0.4) is 0 Å². The van der Waals surface area contributed by atoms with Gasteiger partial charge in [0.25, 0.3) is 0 Å². The summed E-state index contributed by atoms with van der Waals surface area (Å²) in [5.41, 5.74) is 1.51. The van der Waals surface area contributed by atoms with Gasteiger partial charge in [-0.2, -0.15) is 0 Å². The molecule has 3 rings (SSSR count). The molecule has 0 amide bonds. The van der Waals surface area contributed by atoms with Gasteiger partial charge >= 0.3 is 5.69 Å². The Bertz CT molecular complexity index is 639. The fraction of sp³-hybridized carbons (Fsp3) is 0. The Balaban J connectivity index is 2.12. The highest BCUT2D eigenvalue weighted by Crippen LogP contribution is 2.06. The van der Waals surface area contributed by atoms with Crippen LogP contribution in [0.5, 0.6) is 0 Å². The van der Waals surface area contributed by atoms with Crippen LogP contribution in [-0.2, 0) is 0 Å². The molecule has 0 aliphatic carbocycles. The van der Waals surface area contributed by atoms with Gasteiger partial charge in [-0.25, -0.2) is 4.79 Å². The quantitative estimate of drug-likeness (QED) is 0.684. The molecular weight excluding hydrogens is 226 g/mol. The van der Waals surface area contributed by atoms with Crippen molar-refractivity contribution >= 4 is 0 Å². The van der Waals surface area contributed by atoms with Gasteiger partial charge in [0.2, 0.25) is 0 Å². The number of nitrogens with zero attached hydrogens (tertiary/aromatic N) is 3. The molecule has 0 N–H and O–H groups in total. The number of pyridine rings is 1. The van der Waals surface area contributed by atoms with Crippen LogP contribution >= 0.6 is 0 Å². The van der Waals surface area contributed by atoms with Crippen molar-refractivity contribution < 1.29 is 0 Å². The van der Waals surface area contributed by atoms with Crippen molar-refractivity contribution in [2.45, 2.75) is 0 Å². The minimum absolute atomic E-state index is 0.103. The average Bonchev–Trinajstić information content (AvgIpc) is 2.83. The molecule has 2 aromatic heterocycles. The Morgan fingerprint density at radius 3 is 2.17 bits per heavy atom.